The SMILES string of the molecule is CCOCCN(C)Cc1cnc(Cl)s1. The summed E-state index contributed by atoms with van der Waals surface area (Å²) in [4.78, 5) is 7.38. The van der Waals surface area contributed by atoms with Crippen molar-refractivity contribution in [3.05, 3.63) is 15.5 Å². The highest BCUT2D eigenvalue weighted by molar-refractivity contribution is 7.15. The fraction of sp³-hybridized carbons (Fsp3) is 0.667. The molecular formula is C9H15ClN2OS. The first-order chi connectivity index (χ1) is 6.72. The maximum absolute atomic E-state index is 5.73. The molecule has 0 fully saturated rings. The van der Waals surface area contributed by atoms with Gasteiger partial charge in [-0.2, -0.15) is 0 Å². The minimum Gasteiger partial charge on any atom is -0.380 e. The average Bonchev–Trinajstić information content (AvgIpc) is 2.52. The second-order valence-electron chi connectivity index (χ2n) is 3.01. The zero-order valence-electron chi connectivity index (χ0n) is 8.49. The standard InChI is InChI=1S/C9H15ClN2OS/c1-3-13-5-4-12(2)7-8-6-11-9(10)14-8/h6H,3-5,7H2,1-2H3. The van der Waals surface area contributed by atoms with Gasteiger partial charge in [0.1, 0.15) is 0 Å². The summed E-state index contributed by atoms with van der Waals surface area (Å²) in [5.41, 5.74) is 0. The lowest BCUT2D eigenvalue weighted by molar-refractivity contribution is 0.120. The van der Waals surface area contributed by atoms with Gasteiger partial charge in [-0.15, -0.1) is 11.3 Å². The number of hydrogen-bond donors (Lipinski definition) is 0. The molecule has 14 heavy (non-hydrogen) atoms. The monoisotopic (exact) mass is 234 g/mol. The molecule has 1 rings (SSSR count). The molecule has 1 aromatic rings. The molecule has 0 radical (unpaired) electrons. The van der Waals surface area contributed by atoms with Crippen LogP contribution in [0.2, 0.25) is 4.47 Å². The molecule has 0 bridgehead atoms. The quantitative estimate of drug-likeness (QED) is 0.707. The van der Waals surface area contributed by atoms with Crippen LogP contribution >= 0.6 is 22.9 Å². The summed E-state index contributed by atoms with van der Waals surface area (Å²) < 4.78 is 5.88. The van der Waals surface area contributed by atoms with E-state index in [9.17, 15) is 0 Å². The molecule has 0 aliphatic carbocycles. The predicted molar refractivity (Wildman–Crippen MR) is 60.0 cm³/mol. The van der Waals surface area contributed by atoms with Gasteiger partial charge in [-0.3, -0.25) is 4.90 Å². The molecule has 0 unspecified atom stereocenters. The van der Waals surface area contributed by atoms with E-state index in [1.807, 2.05) is 13.1 Å². The number of aromatic nitrogens is 1. The number of halogens is 1. The summed E-state index contributed by atoms with van der Waals surface area (Å²) in [6.07, 6.45) is 1.82. The molecule has 0 N–H and O–H groups in total. The van der Waals surface area contributed by atoms with E-state index in [2.05, 4.69) is 16.9 Å². The molecule has 5 heteroatoms. The van der Waals surface area contributed by atoms with Crippen LogP contribution in [0.25, 0.3) is 0 Å². The van der Waals surface area contributed by atoms with E-state index in [4.69, 9.17) is 16.3 Å². The Morgan fingerprint density at radius 3 is 3.00 bits per heavy atom. The van der Waals surface area contributed by atoms with Crippen molar-refractivity contribution in [3.8, 4) is 0 Å². The zero-order valence-corrected chi connectivity index (χ0v) is 10.1. The van der Waals surface area contributed by atoms with Crippen LogP contribution in [-0.4, -0.2) is 36.7 Å². The fourth-order valence-corrected chi connectivity index (χ4v) is 2.12. The van der Waals surface area contributed by atoms with Crippen LogP contribution in [0.3, 0.4) is 0 Å². The molecule has 0 aromatic carbocycles. The van der Waals surface area contributed by atoms with Gasteiger partial charge in [0.25, 0.3) is 0 Å². The molecule has 1 heterocycles. The van der Waals surface area contributed by atoms with E-state index in [1.165, 1.54) is 16.2 Å². The smallest absolute Gasteiger partial charge is 0.183 e. The van der Waals surface area contributed by atoms with E-state index in [0.29, 0.717) is 4.47 Å². The second-order valence-corrected chi connectivity index (χ2v) is 4.71. The van der Waals surface area contributed by atoms with Crippen molar-refractivity contribution in [2.45, 2.75) is 13.5 Å². The summed E-state index contributed by atoms with van der Waals surface area (Å²) in [5.74, 6) is 0. The minimum atomic E-state index is 0.609. The van der Waals surface area contributed by atoms with Gasteiger partial charge in [-0.1, -0.05) is 11.6 Å². The van der Waals surface area contributed by atoms with E-state index < -0.39 is 0 Å². The highest BCUT2D eigenvalue weighted by Crippen LogP contribution is 2.18. The lowest BCUT2D eigenvalue weighted by atomic mass is 10.5. The summed E-state index contributed by atoms with van der Waals surface area (Å²) in [7, 11) is 2.06. The fourth-order valence-electron chi connectivity index (χ4n) is 1.07. The molecule has 0 spiro atoms. The Balaban J connectivity index is 2.23. The maximum atomic E-state index is 5.73. The number of hydrogen-bond acceptors (Lipinski definition) is 4. The maximum Gasteiger partial charge on any atom is 0.183 e. The number of ether oxygens (including phenoxy) is 1. The summed E-state index contributed by atoms with van der Waals surface area (Å²) in [5, 5.41) is 0. The Morgan fingerprint density at radius 2 is 2.43 bits per heavy atom. The van der Waals surface area contributed by atoms with Gasteiger partial charge in [0.05, 0.1) is 6.61 Å². The molecule has 80 valence electrons. The Hall–Kier alpha value is -0.160. The number of rotatable bonds is 6. The van der Waals surface area contributed by atoms with Crippen LogP contribution in [0.1, 0.15) is 11.8 Å². The van der Waals surface area contributed by atoms with E-state index in [1.54, 1.807) is 0 Å². The van der Waals surface area contributed by atoms with Gasteiger partial charge in [0.2, 0.25) is 0 Å². The van der Waals surface area contributed by atoms with Crippen molar-refractivity contribution in [2.24, 2.45) is 0 Å². The molecule has 0 saturated carbocycles. The predicted octanol–water partition coefficient (Wildman–Crippen LogP) is 2.26. The first-order valence-electron chi connectivity index (χ1n) is 4.59. The van der Waals surface area contributed by atoms with E-state index >= 15 is 0 Å². The van der Waals surface area contributed by atoms with Gasteiger partial charge >= 0.3 is 0 Å². The zero-order chi connectivity index (χ0) is 10.4. The third-order valence-electron chi connectivity index (χ3n) is 1.77. The van der Waals surface area contributed by atoms with Gasteiger partial charge in [-0.05, 0) is 14.0 Å². The average molecular weight is 235 g/mol. The van der Waals surface area contributed by atoms with Crippen LogP contribution in [0.15, 0.2) is 6.20 Å². The lowest BCUT2D eigenvalue weighted by Gasteiger charge is -2.14. The highest BCUT2D eigenvalue weighted by atomic mass is 35.5. The van der Waals surface area contributed by atoms with Crippen LogP contribution < -0.4 is 0 Å². The summed E-state index contributed by atoms with van der Waals surface area (Å²) in [6, 6.07) is 0. The van der Waals surface area contributed by atoms with Crippen LogP contribution in [0.4, 0.5) is 0 Å². The van der Waals surface area contributed by atoms with Crippen molar-refractivity contribution in [2.75, 3.05) is 26.8 Å². The number of likely N-dealkylation sites (N-methyl/N-ethyl adjacent to an activating group) is 1. The largest absolute Gasteiger partial charge is 0.380 e. The lowest BCUT2D eigenvalue weighted by Crippen LogP contribution is -2.22. The van der Waals surface area contributed by atoms with Crippen molar-refractivity contribution in [3.63, 3.8) is 0 Å². The number of thiazole rings is 1. The normalized spacial score (nSPS) is 11.1. The van der Waals surface area contributed by atoms with Crippen LogP contribution in [-0.2, 0) is 11.3 Å². The van der Waals surface area contributed by atoms with Gasteiger partial charge in [0, 0.05) is 30.8 Å². The molecule has 0 aliphatic heterocycles. The minimum absolute atomic E-state index is 0.609. The molecule has 3 nitrogen and oxygen atoms in total. The Kier molecular flexibility index (Phi) is 5.40. The van der Waals surface area contributed by atoms with Gasteiger partial charge in [0.15, 0.2) is 4.47 Å². The van der Waals surface area contributed by atoms with E-state index in [-0.39, 0.29) is 0 Å². The van der Waals surface area contributed by atoms with Crippen LogP contribution in [0.5, 0.6) is 0 Å². The Morgan fingerprint density at radius 1 is 1.64 bits per heavy atom. The second kappa shape index (κ2) is 6.35. The third kappa shape index (κ3) is 4.37. The first-order valence-corrected chi connectivity index (χ1v) is 5.78. The molecule has 0 amide bonds. The first kappa shape index (κ1) is 11.9. The molecule has 0 aliphatic rings. The molecule has 1 aromatic heterocycles. The van der Waals surface area contributed by atoms with Crippen molar-refractivity contribution >= 4 is 22.9 Å². The summed E-state index contributed by atoms with van der Waals surface area (Å²) in [6.45, 7) is 5.38. The van der Waals surface area contributed by atoms with Gasteiger partial charge < -0.3 is 4.74 Å². The van der Waals surface area contributed by atoms with E-state index in [0.717, 1.165) is 26.3 Å². The topological polar surface area (TPSA) is 25.4 Å². The number of nitrogens with zero attached hydrogens (tertiary/aromatic N) is 2. The van der Waals surface area contributed by atoms with Crippen molar-refractivity contribution in [1.82, 2.24) is 9.88 Å². The molecule has 0 atom stereocenters. The van der Waals surface area contributed by atoms with Crippen LogP contribution in [0, 0.1) is 0 Å². The van der Waals surface area contributed by atoms with Crippen molar-refractivity contribution < 1.29 is 4.74 Å². The highest BCUT2D eigenvalue weighted by Gasteiger charge is 2.03. The van der Waals surface area contributed by atoms with Crippen molar-refractivity contribution in [1.29, 1.82) is 0 Å². The molecule has 0 saturated heterocycles. The third-order valence-corrected chi connectivity index (χ3v) is 2.87. The molecular weight excluding hydrogens is 220 g/mol. The Bertz CT molecular complexity index is 267. The Labute approximate surface area is 93.7 Å². The van der Waals surface area contributed by atoms with Gasteiger partial charge in [-0.25, -0.2) is 4.98 Å². The summed E-state index contributed by atoms with van der Waals surface area (Å²) >= 11 is 7.26.